The van der Waals surface area contributed by atoms with Gasteiger partial charge in [0.1, 0.15) is 11.1 Å². The fourth-order valence-corrected chi connectivity index (χ4v) is 4.29. The monoisotopic (exact) mass is 437 g/mol. The van der Waals surface area contributed by atoms with Crippen molar-refractivity contribution >= 4 is 50.0 Å². The molecule has 0 atom stereocenters. The summed E-state index contributed by atoms with van der Waals surface area (Å²) >= 11 is 1.28. The molecule has 0 radical (unpaired) electrons. The number of thiazole rings is 1. The lowest BCUT2D eigenvalue weighted by Crippen LogP contribution is -2.21. The van der Waals surface area contributed by atoms with Gasteiger partial charge in [0.05, 0.1) is 16.8 Å². The normalized spacial score (nSPS) is 11.9. The van der Waals surface area contributed by atoms with Gasteiger partial charge in [0.15, 0.2) is 4.80 Å². The summed E-state index contributed by atoms with van der Waals surface area (Å²) in [5.74, 6) is -0.856. The van der Waals surface area contributed by atoms with E-state index < -0.39 is 11.5 Å². The summed E-state index contributed by atoms with van der Waals surface area (Å²) in [6.07, 6.45) is 0. The molecule has 4 aromatic rings. The molecule has 8 nitrogen and oxygen atoms in total. The van der Waals surface area contributed by atoms with Crippen molar-refractivity contribution in [1.82, 2.24) is 4.57 Å². The third-order valence-electron chi connectivity index (χ3n) is 4.59. The zero-order chi connectivity index (χ0) is 22.0. The average molecular weight is 437 g/mol. The van der Waals surface area contributed by atoms with Crippen LogP contribution in [0.1, 0.15) is 17.3 Å². The van der Waals surface area contributed by atoms with E-state index in [1.807, 2.05) is 16.7 Å². The Morgan fingerprint density at radius 3 is 2.77 bits per heavy atom. The molecular weight excluding hydrogens is 418 g/mol. The van der Waals surface area contributed by atoms with Crippen LogP contribution in [0.2, 0.25) is 0 Å². The van der Waals surface area contributed by atoms with Crippen LogP contribution >= 0.6 is 11.3 Å². The van der Waals surface area contributed by atoms with E-state index in [4.69, 9.17) is 9.15 Å². The molecule has 158 valence electrons. The molecule has 0 aliphatic rings. The Balaban J connectivity index is 1.83. The van der Waals surface area contributed by atoms with Crippen molar-refractivity contribution in [2.24, 2.45) is 4.99 Å². The molecule has 0 spiro atoms. The standard InChI is InChI=1S/C22H19N3O5S/c1-13(26)23-15-7-8-17-19(12-15)31-22(25(17)9-10-29-2)24-20(27)16-11-14-5-3-4-6-18(14)30-21(16)28/h3-8,11-12H,9-10H2,1-2H3,(H,23,26). The van der Waals surface area contributed by atoms with Gasteiger partial charge in [-0.15, -0.1) is 0 Å². The summed E-state index contributed by atoms with van der Waals surface area (Å²) in [4.78, 5) is 41.2. The Kier molecular flexibility index (Phi) is 5.79. The molecular formula is C22H19N3O5S. The van der Waals surface area contributed by atoms with Gasteiger partial charge in [-0.05, 0) is 30.3 Å². The highest BCUT2D eigenvalue weighted by atomic mass is 32.1. The minimum atomic E-state index is -0.732. The van der Waals surface area contributed by atoms with Crippen LogP contribution in [0.5, 0.6) is 0 Å². The quantitative estimate of drug-likeness (QED) is 0.483. The number of anilines is 1. The summed E-state index contributed by atoms with van der Waals surface area (Å²) < 4.78 is 13.1. The molecule has 31 heavy (non-hydrogen) atoms. The van der Waals surface area contributed by atoms with Crippen LogP contribution in [0, 0.1) is 0 Å². The van der Waals surface area contributed by atoms with Gasteiger partial charge in [-0.3, -0.25) is 9.59 Å². The van der Waals surface area contributed by atoms with E-state index in [1.54, 1.807) is 37.4 Å². The van der Waals surface area contributed by atoms with E-state index in [0.29, 0.717) is 34.6 Å². The first-order valence-electron chi connectivity index (χ1n) is 9.48. The van der Waals surface area contributed by atoms with Gasteiger partial charge in [-0.2, -0.15) is 4.99 Å². The number of carbonyl (C=O) groups excluding carboxylic acids is 2. The van der Waals surface area contributed by atoms with Crippen LogP contribution < -0.4 is 15.7 Å². The molecule has 0 aliphatic carbocycles. The molecule has 2 aromatic carbocycles. The molecule has 2 heterocycles. The SMILES string of the molecule is COCCn1c(=NC(=O)c2cc3ccccc3oc2=O)sc2cc(NC(C)=O)ccc21. The Hall–Kier alpha value is -3.56. The van der Waals surface area contributed by atoms with E-state index in [-0.39, 0.29) is 11.5 Å². The lowest BCUT2D eigenvalue weighted by Gasteiger charge is -2.05. The number of nitrogens with zero attached hydrogens (tertiary/aromatic N) is 2. The maximum Gasteiger partial charge on any atom is 0.349 e. The number of benzene rings is 2. The molecule has 1 N–H and O–H groups in total. The molecule has 0 saturated heterocycles. The summed E-state index contributed by atoms with van der Waals surface area (Å²) in [6.45, 7) is 2.32. The first kappa shape index (κ1) is 20.7. The summed E-state index contributed by atoms with van der Waals surface area (Å²) in [5.41, 5.74) is 1.03. The second-order valence-corrected chi connectivity index (χ2v) is 7.80. The van der Waals surface area contributed by atoms with Crippen molar-refractivity contribution in [3.63, 3.8) is 0 Å². The molecule has 0 unspecified atom stereocenters. The maximum atomic E-state index is 12.9. The first-order valence-corrected chi connectivity index (χ1v) is 10.3. The highest BCUT2D eigenvalue weighted by Crippen LogP contribution is 2.22. The average Bonchev–Trinajstić information content (AvgIpc) is 3.07. The van der Waals surface area contributed by atoms with Crippen LogP contribution in [0.3, 0.4) is 0 Å². The Morgan fingerprint density at radius 2 is 2.00 bits per heavy atom. The summed E-state index contributed by atoms with van der Waals surface area (Å²) in [6, 6.07) is 13.9. The van der Waals surface area contributed by atoms with Gasteiger partial charge in [0, 0.05) is 31.7 Å². The van der Waals surface area contributed by atoms with Crippen molar-refractivity contribution in [1.29, 1.82) is 0 Å². The molecule has 0 bridgehead atoms. The molecule has 2 aromatic heterocycles. The third-order valence-corrected chi connectivity index (χ3v) is 5.63. The zero-order valence-corrected chi connectivity index (χ0v) is 17.7. The highest BCUT2D eigenvalue weighted by molar-refractivity contribution is 7.16. The van der Waals surface area contributed by atoms with Crippen LogP contribution in [0.25, 0.3) is 21.2 Å². The van der Waals surface area contributed by atoms with Gasteiger partial charge in [-0.25, -0.2) is 4.79 Å². The summed E-state index contributed by atoms with van der Waals surface area (Å²) in [7, 11) is 1.59. The van der Waals surface area contributed by atoms with E-state index in [9.17, 15) is 14.4 Å². The van der Waals surface area contributed by atoms with E-state index in [1.165, 1.54) is 24.3 Å². The smallest absolute Gasteiger partial charge is 0.349 e. The lowest BCUT2D eigenvalue weighted by atomic mass is 10.2. The van der Waals surface area contributed by atoms with Gasteiger partial charge in [0.25, 0.3) is 5.91 Å². The second kappa shape index (κ2) is 8.66. The van der Waals surface area contributed by atoms with E-state index in [2.05, 4.69) is 10.3 Å². The van der Waals surface area contributed by atoms with Crippen LogP contribution in [0.15, 0.2) is 62.7 Å². The minimum absolute atomic E-state index is 0.131. The molecule has 0 aliphatic heterocycles. The van der Waals surface area contributed by atoms with Crippen molar-refractivity contribution in [2.75, 3.05) is 19.0 Å². The van der Waals surface area contributed by atoms with Crippen molar-refractivity contribution in [2.45, 2.75) is 13.5 Å². The van der Waals surface area contributed by atoms with Crippen molar-refractivity contribution in [3.05, 3.63) is 69.3 Å². The molecule has 0 saturated carbocycles. The zero-order valence-electron chi connectivity index (χ0n) is 16.9. The van der Waals surface area contributed by atoms with Crippen molar-refractivity contribution in [3.8, 4) is 0 Å². The lowest BCUT2D eigenvalue weighted by molar-refractivity contribution is -0.114. The molecule has 9 heteroatoms. The number of hydrogen-bond acceptors (Lipinski definition) is 6. The Morgan fingerprint density at radius 1 is 1.19 bits per heavy atom. The Labute approximate surface area is 180 Å². The van der Waals surface area contributed by atoms with E-state index in [0.717, 1.165) is 10.2 Å². The van der Waals surface area contributed by atoms with Gasteiger partial charge in [-0.1, -0.05) is 29.5 Å². The first-order chi connectivity index (χ1) is 15.0. The molecule has 0 fully saturated rings. The minimum Gasteiger partial charge on any atom is -0.422 e. The molecule has 2 amide bonds. The van der Waals surface area contributed by atoms with Crippen LogP contribution in [-0.4, -0.2) is 30.1 Å². The fraction of sp³-hybridized carbons (Fsp3) is 0.182. The largest absolute Gasteiger partial charge is 0.422 e. The Bertz CT molecular complexity index is 1430. The number of fused-ring (bicyclic) bond motifs is 2. The van der Waals surface area contributed by atoms with Crippen LogP contribution in [0.4, 0.5) is 5.69 Å². The van der Waals surface area contributed by atoms with E-state index >= 15 is 0 Å². The van der Waals surface area contributed by atoms with Gasteiger partial charge < -0.3 is 19.0 Å². The number of carbonyl (C=O) groups is 2. The second-order valence-electron chi connectivity index (χ2n) is 6.80. The predicted molar refractivity (Wildman–Crippen MR) is 118 cm³/mol. The third kappa shape index (κ3) is 4.32. The number of para-hydroxylation sites is 1. The molecule has 4 rings (SSSR count). The highest BCUT2D eigenvalue weighted by Gasteiger charge is 2.15. The predicted octanol–water partition coefficient (Wildman–Crippen LogP) is 3.16. The number of amides is 2. The van der Waals surface area contributed by atoms with Gasteiger partial charge >= 0.3 is 5.63 Å². The maximum absolute atomic E-state index is 12.9. The number of rotatable bonds is 5. The van der Waals surface area contributed by atoms with Crippen LogP contribution in [-0.2, 0) is 16.1 Å². The topological polar surface area (TPSA) is 103 Å². The van der Waals surface area contributed by atoms with Gasteiger partial charge in [0.2, 0.25) is 5.91 Å². The summed E-state index contributed by atoms with van der Waals surface area (Å²) in [5, 5.41) is 3.39. The number of methoxy groups -OCH3 is 1. The number of aromatic nitrogens is 1. The number of hydrogen-bond donors (Lipinski definition) is 1. The number of nitrogens with one attached hydrogen (secondary N) is 1. The number of ether oxygens (including phenoxy) is 1. The fourth-order valence-electron chi connectivity index (χ4n) is 3.20. The van der Waals surface area contributed by atoms with Crippen molar-refractivity contribution < 1.29 is 18.7 Å².